The van der Waals surface area contributed by atoms with E-state index in [9.17, 15) is 22.9 Å². The Labute approximate surface area is 109 Å². The molecule has 9 heteroatoms. The van der Waals surface area contributed by atoms with Crippen LogP contribution in [0.2, 0.25) is 0 Å². The molecule has 1 rings (SSSR count). The predicted octanol–water partition coefficient (Wildman–Crippen LogP) is 0.737. The molecule has 0 aliphatic rings. The van der Waals surface area contributed by atoms with Crippen LogP contribution >= 0.6 is 0 Å². The van der Waals surface area contributed by atoms with Crippen molar-refractivity contribution in [1.29, 1.82) is 0 Å². The first-order valence-corrected chi connectivity index (χ1v) is 6.83. The molecular formula is C10H13FN2O5S. The lowest BCUT2D eigenvalue weighted by molar-refractivity contribution is -0.385. The van der Waals surface area contributed by atoms with Crippen molar-refractivity contribution in [2.45, 2.75) is 11.8 Å². The van der Waals surface area contributed by atoms with Crippen LogP contribution in [0.3, 0.4) is 0 Å². The fourth-order valence-electron chi connectivity index (χ4n) is 1.51. The summed E-state index contributed by atoms with van der Waals surface area (Å²) < 4.78 is 38.7. The van der Waals surface area contributed by atoms with E-state index in [0.29, 0.717) is 6.07 Å². The second kappa shape index (κ2) is 6.04. The Morgan fingerprint density at radius 1 is 1.47 bits per heavy atom. The van der Waals surface area contributed by atoms with Gasteiger partial charge in [-0.3, -0.25) is 10.1 Å². The van der Waals surface area contributed by atoms with Crippen molar-refractivity contribution in [1.82, 2.24) is 4.31 Å². The van der Waals surface area contributed by atoms with Crippen LogP contribution in [0.25, 0.3) is 0 Å². The predicted molar refractivity (Wildman–Crippen MR) is 64.6 cm³/mol. The van der Waals surface area contributed by atoms with Gasteiger partial charge in [-0.2, -0.15) is 4.31 Å². The van der Waals surface area contributed by atoms with Gasteiger partial charge >= 0.3 is 0 Å². The summed E-state index contributed by atoms with van der Waals surface area (Å²) in [6.45, 7) is 1.02. The van der Waals surface area contributed by atoms with Crippen LogP contribution in [0.1, 0.15) is 6.92 Å². The molecular weight excluding hydrogens is 279 g/mol. The molecule has 0 saturated carbocycles. The van der Waals surface area contributed by atoms with Gasteiger partial charge in [0.1, 0.15) is 10.7 Å². The van der Waals surface area contributed by atoms with Gasteiger partial charge in [0.25, 0.3) is 5.69 Å². The molecule has 0 radical (unpaired) electrons. The first-order chi connectivity index (χ1) is 8.84. The van der Waals surface area contributed by atoms with E-state index >= 15 is 0 Å². The minimum absolute atomic E-state index is 0.0549. The topological polar surface area (TPSA) is 101 Å². The average Bonchev–Trinajstić information content (AvgIpc) is 2.35. The Morgan fingerprint density at radius 3 is 2.53 bits per heavy atom. The molecule has 0 aliphatic carbocycles. The Morgan fingerprint density at radius 2 is 2.11 bits per heavy atom. The normalized spacial score (nSPS) is 11.8. The second-order valence-corrected chi connectivity index (χ2v) is 5.50. The quantitative estimate of drug-likeness (QED) is 0.615. The number of rotatable bonds is 6. The van der Waals surface area contributed by atoms with Gasteiger partial charge in [0.05, 0.1) is 17.6 Å². The SMILES string of the molecule is CCN(CCO)S(=O)(=O)c1ccc([N+](=O)[O-])cc1F. The third-order valence-corrected chi connectivity index (χ3v) is 4.45. The zero-order valence-electron chi connectivity index (χ0n) is 10.1. The van der Waals surface area contributed by atoms with Crippen molar-refractivity contribution in [2.75, 3.05) is 19.7 Å². The van der Waals surface area contributed by atoms with E-state index in [2.05, 4.69) is 0 Å². The van der Waals surface area contributed by atoms with E-state index in [1.165, 1.54) is 6.92 Å². The lowest BCUT2D eigenvalue weighted by Crippen LogP contribution is -2.33. The fourth-order valence-corrected chi connectivity index (χ4v) is 3.00. The Bertz CT molecular complexity index is 575. The maximum Gasteiger partial charge on any atom is 0.272 e. The molecule has 0 heterocycles. The lowest BCUT2D eigenvalue weighted by atomic mass is 10.3. The third kappa shape index (κ3) is 3.25. The first-order valence-electron chi connectivity index (χ1n) is 5.39. The maximum atomic E-state index is 13.7. The number of aliphatic hydroxyl groups excluding tert-OH is 1. The fraction of sp³-hybridized carbons (Fsp3) is 0.400. The molecule has 106 valence electrons. The summed E-state index contributed by atoms with van der Waals surface area (Å²) in [4.78, 5) is 8.99. The highest BCUT2D eigenvalue weighted by Crippen LogP contribution is 2.23. The van der Waals surface area contributed by atoms with Crippen molar-refractivity contribution in [2.24, 2.45) is 0 Å². The number of hydrogen-bond acceptors (Lipinski definition) is 5. The highest BCUT2D eigenvalue weighted by atomic mass is 32.2. The minimum atomic E-state index is -4.11. The minimum Gasteiger partial charge on any atom is -0.395 e. The number of likely N-dealkylation sites (N-methyl/N-ethyl adjacent to an activating group) is 1. The van der Waals surface area contributed by atoms with Crippen molar-refractivity contribution < 1.29 is 22.8 Å². The molecule has 0 fully saturated rings. The summed E-state index contributed by atoms with van der Waals surface area (Å²) in [6, 6.07) is 2.32. The van der Waals surface area contributed by atoms with Crippen molar-refractivity contribution in [3.8, 4) is 0 Å². The molecule has 0 aliphatic heterocycles. The molecule has 0 unspecified atom stereocenters. The smallest absolute Gasteiger partial charge is 0.272 e. The summed E-state index contributed by atoms with van der Waals surface area (Å²) in [7, 11) is -4.11. The maximum absolute atomic E-state index is 13.7. The van der Waals surface area contributed by atoms with Gasteiger partial charge in [0.15, 0.2) is 0 Å². The van der Waals surface area contributed by atoms with E-state index in [-0.39, 0.29) is 13.1 Å². The molecule has 0 aromatic heterocycles. The van der Waals surface area contributed by atoms with Crippen molar-refractivity contribution >= 4 is 15.7 Å². The zero-order valence-corrected chi connectivity index (χ0v) is 10.9. The summed E-state index contributed by atoms with van der Waals surface area (Å²) in [6.07, 6.45) is 0. The van der Waals surface area contributed by atoms with Gasteiger partial charge in [-0.1, -0.05) is 6.92 Å². The van der Waals surface area contributed by atoms with E-state index < -0.39 is 38.0 Å². The number of non-ortho nitro benzene ring substituents is 1. The number of nitrogens with zero attached hydrogens (tertiary/aromatic N) is 2. The van der Waals surface area contributed by atoms with E-state index in [1.54, 1.807) is 0 Å². The van der Waals surface area contributed by atoms with Gasteiger partial charge in [0, 0.05) is 19.2 Å². The third-order valence-electron chi connectivity index (χ3n) is 2.45. The van der Waals surface area contributed by atoms with Gasteiger partial charge < -0.3 is 5.11 Å². The van der Waals surface area contributed by atoms with Crippen LogP contribution in [0.5, 0.6) is 0 Å². The molecule has 1 aromatic carbocycles. The van der Waals surface area contributed by atoms with E-state index in [1.807, 2.05) is 0 Å². The summed E-state index contributed by atoms with van der Waals surface area (Å²) in [5.41, 5.74) is -0.526. The van der Waals surface area contributed by atoms with Crippen LogP contribution in [-0.4, -0.2) is 42.4 Å². The van der Waals surface area contributed by atoms with Gasteiger partial charge in [0.2, 0.25) is 10.0 Å². The Hall–Kier alpha value is -1.58. The van der Waals surface area contributed by atoms with E-state index in [0.717, 1.165) is 16.4 Å². The molecule has 1 N–H and O–H groups in total. The number of nitro benzene ring substituents is 1. The number of benzene rings is 1. The number of halogens is 1. The average molecular weight is 292 g/mol. The molecule has 19 heavy (non-hydrogen) atoms. The molecule has 0 amide bonds. The first kappa shape index (κ1) is 15.5. The number of sulfonamides is 1. The molecule has 0 saturated heterocycles. The molecule has 7 nitrogen and oxygen atoms in total. The zero-order chi connectivity index (χ0) is 14.6. The van der Waals surface area contributed by atoms with Crippen molar-refractivity contribution in [3.05, 3.63) is 34.1 Å². The van der Waals surface area contributed by atoms with Crippen LogP contribution in [0.4, 0.5) is 10.1 Å². The van der Waals surface area contributed by atoms with Gasteiger partial charge in [-0.25, -0.2) is 12.8 Å². The summed E-state index contributed by atoms with van der Waals surface area (Å²) in [5, 5.41) is 19.2. The van der Waals surface area contributed by atoms with Crippen molar-refractivity contribution in [3.63, 3.8) is 0 Å². The summed E-state index contributed by atoms with van der Waals surface area (Å²) >= 11 is 0. The molecule has 0 bridgehead atoms. The van der Waals surface area contributed by atoms with Crippen LogP contribution in [0.15, 0.2) is 23.1 Å². The molecule has 1 aromatic rings. The van der Waals surface area contributed by atoms with E-state index in [4.69, 9.17) is 5.11 Å². The van der Waals surface area contributed by atoms with Crippen LogP contribution in [0, 0.1) is 15.9 Å². The highest BCUT2D eigenvalue weighted by molar-refractivity contribution is 7.89. The largest absolute Gasteiger partial charge is 0.395 e. The highest BCUT2D eigenvalue weighted by Gasteiger charge is 2.27. The molecule has 0 spiro atoms. The monoisotopic (exact) mass is 292 g/mol. The summed E-state index contributed by atoms with van der Waals surface area (Å²) in [5.74, 6) is -1.19. The lowest BCUT2D eigenvalue weighted by Gasteiger charge is -2.19. The number of hydrogen-bond donors (Lipinski definition) is 1. The van der Waals surface area contributed by atoms with Gasteiger partial charge in [-0.05, 0) is 6.07 Å². The second-order valence-electron chi connectivity index (χ2n) is 3.59. The standard InChI is InChI=1S/C10H13FN2O5S/c1-2-12(5-6-14)19(17,18)10-4-3-8(13(15)16)7-9(10)11/h3-4,7,14H,2,5-6H2,1H3. The Kier molecular flexibility index (Phi) is 4.92. The van der Waals surface area contributed by atoms with Crippen LogP contribution < -0.4 is 0 Å². The number of nitro groups is 1. The number of aliphatic hydroxyl groups is 1. The van der Waals surface area contributed by atoms with Gasteiger partial charge in [-0.15, -0.1) is 0 Å². The van der Waals surface area contributed by atoms with Crippen LogP contribution in [-0.2, 0) is 10.0 Å². The Balaban J connectivity index is 3.25. The molecule has 0 atom stereocenters.